The Bertz CT molecular complexity index is 2280. The molecule has 4 aromatic rings. The van der Waals surface area contributed by atoms with Crippen molar-refractivity contribution in [3.8, 4) is 6.07 Å². The number of Topliss-reactive ketones (excluding diaryl/α,β-unsaturated/α-hetero) is 2. The molecule has 10 N–H and O–H groups in total. The molecule has 268 valence electrons. The van der Waals surface area contributed by atoms with Gasteiger partial charge in [0.05, 0.1) is 45.5 Å². The standard InChI is InChI=1S/C14H14N4O6S2.C14H12N4O5S2/c15-5-8(19)3-7-1-2-9(4-10(7)12(16)20)26(23,24)18-13-11(14(21)22)17-6-25-13;15-5-9-4-11(2-1-8(9)3-10(19)6-16)25(22,23)18-13-12(14(20)21)17-7-24-13/h1-2,4,6,18H,3,5,15H2,(H2,16,20)(H,21,22);1-2,4,7,18H,3,6,16H2,(H,20,21). The lowest BCUT2D eigenvalue weighted by atomic mass is 10.0. The zero-order chi connectivity index (χ0) is 38.1. The molecule has 0 spiro atoms. The summed E-state index contributed by atoms with van der Waals surface area (Å²) in [4.78, 5) is 63.1. The lowest BCUT2D eigenvalue weighted by Gasteiger charge is -2.10. The number of amides is 1. The third-order valence-corrected chi connectivity index (χ3v) is 10.8. The molecule has 0 saturated heterocycles. The Hall–Kier alpha value is -5.64. The molecule has 2 aromatic heterocycles. The number of primary amides is 1. The zero-order valence-corrected chi connectivity index (χ0v) is 29.0. The highest BCUT2D eigenvalue weighted by Gasteiger charge is 2.24. The summed E-state index contributed by atoms with van der Waals surface area (Å²) in [6.45, 7) is -0.418. The Balaban J connectivity index is 0.000000276. The minimum Gasteiger partial charge on any atom is -0.476 e. The molecule has 0 fully saturated rings. The molecule has 51 heavy (non-hydrogen) atoms. The van der Waals surface area contributed by atoms with Crippen molar-refractivity contribution < 1.29 is 51.0 Å². The summed E-state index contributed by atoms with van der Waals surface area (Å²) in [5, 5.41) is 26.8. The number of carbonyl (C=O) groups is 5. The van der Waals surface area contributed by atoms with Gasteiger partial charge >= 0.3 is 11.9 Å². The molecule has 0 atom stereocenters. The van der Waals surface area contributed by atoms with E-state index in [9.17, 15) is 46.1 Å². The average Bonchev–Trinajstić information content (AvgIpc) is 3.74. The van der Waals surface area contributed by atoms with E-state index in [0.29, 0.717) is 5.56 Å². The molecule has 0 aliphatic carbocycles. The van der Waals surface area contributed by atoms with E-state index in [0.717, 1.165) is 34.8 Å². The Morgan fingerprint density at radius 1 is 0.745 bits per heavy atom. The van der Waals surface area contributed by atoms with E-state index in [2.05, 4.69) is 19.4 Å². The monoisotopic (exact) mass is 778 g/mol. The van der Waals surface area contributed by atoms with Crippen molar-refractivity contribution in [2.45, 2.75) is 22.6 Å². The number of rotatable bonds is 15. The van der Waals surface area contributed by atoms with E-state index in [1.54, 1.807) is 0 Å². The number of benzene rings is 2. The highest BCUT2D eigenvalue weighted by molar-refractivity contribution is 7.93. The number of carbonyl (C=O) groups excluding carboxylic acids is 3. The summed E-state index contributed by atoms with van der Waals surface area (Å²) < 4.78 is 54.0. The normalized spacial score (nSPS) is 11.0. The topological polar surface area (TPSA) is 346 Å². The molecule has 0 radical (unpaired) electrons. The van der Waals surface area contributed by atoms with Crippen molar-refractivity contribution in [1.29, 1.82) is 5.26 Å². The summed E-state index contributed by atoms with van der Waals surface area (Å²) in [6, 6.07) is 9.01. The summed E-state index contributed by atoms with van der Waals surface area (Å²) in [6.07, 6.45) is -0.244. The number of nitrogens with one attached hydrogen (secondary N) is 2. The first-order chi connectivity index (χ1) is 23.9. The van der Waals surface area contributed by atoms with E-state index in [1.165, 1.54) is 35.3 Å². The van der Waals surface area contributed by atoms with E-state index in [-0.39, 0.29) is 74.0 Å². The number of carboxylic acid groups (broad SMARTS) is 2. The maximum absolute atomic E-state index is 12.5. The number of hydrogen-bond acceptors (Lipinski definition) is 16. The number of carboxylic acids is 2. The number of nitrogens with two attached hydrogens (primary N) is 3. The third-order valence-electron chi connectivity index (χ3n) is 6.39. The molecular formula is C28H26N8O11S4. The van der Waals surface area contributed by atoms with Gasteiger partial charge in [0, 0.05) is 18.4 Å². The van der Waals surface area contributed by atoms with Gasteiger partial charge in [-0.15, -0.1) is 22.7 Å². The molecule has 0 unspecified atom stereocenters. The Kier molecular flexibility index (Phi) is 13.1. The van der Waals surface area contributed by atoms with Gasteiger partial charge in [-0.2, -0.15) is 5.26 Å². The van der Waals surface area contributed by atoms with E-state index in [1.807, 2.05) is 6.07 Å². The summed E-state index contributed by atoms with van der Waals surface area (Å²) in [5.41, 5.74) is 17.7. The van der Waals surface area contributed by atoms with Gasteiger partial charge in [-0.25, -0.2) is 36.4 Å². The molecule has 1 amide bonds. The van der Waals surface area contributed by atoms with Gasteiger partial charge in [-0.1, -0.05) is 12.1 Å². The fraction of sp³-hybridized carbons (Fsp3) is 0.143. The van der Waals surface area contributed by atoms with E-state index >= 15 is 0 Å². The van der Waals surface area contributed by atoms with Crippen LogP contribution in [0, 0.1) is 11.3 Å². The SMILES string of the molecule is N#Cc1cc(S(=O)(=O)Nc2scnc2C(=O)O)ccc1CC(=O)CN.NCC(=O)Cc1ccc(S(=O)(=O)Nc2scnc2C(=O)O)cc1C(N)=O. The molecule has 0 aliphatic rings. The second kappa shape index (κ2) is 16.8. The quantitative estimate of drug-likeness (QED) is 0.0858. The highest BCUT2D eigenvalue weighted by Crippen LogP contribution is 2.27. The molecule has 2 aromatic carbocycles. The Morgan fingerprint density at radius 3 is 1.59 bits per heavy atom. The maximum Gasteiger partial charge on any atom is 0.357 e. The second-order valence-electron chi connectivity index (χ2n) is 9.83. The van der Waals surface area contributed by atoms with Crippen molar-refractivity contribution in [2.24, 2.45) is 17.2 Å². The number of thiazole rings is 2. The number of ketones is 2. The molecule has 0 saturated carbocycles. The smallest absolute Gasteiger partial charge is 0.357 e. The lowest BCUT2D eigenvalue weighted by molar-refractivity contribution is -0.117. The average molecular weight is 779 g/mol. The number of nitriles is 1. The fourth-order valence-corrected chi connectivity index (χ4v) is 7.99. The lowest BCUT2D eigenvalue weighted by Crippen LogP contribution is -2.21. The molecule has 2 heterocycles. The first-order valence-electron chi connectivity index (χ1n) is 13.7. The highest BCUT2D eigenvalue weighted by atomic mass is 32.2. The maximum atomic E-state index is 12.5. The van der Waals surface area contributed by atoms with Crippen LogP contribution >= 0.6 is 22.7 Å². The van der Waals surface area contributed by atoms with Crippen LogP contribution in [0.2, 0.25) is 0 Å². The minimum absolute atomic E-state index is 0.0208. The van der Waals surface area contributed by atoms with Crippen LogP contribution in [0.3, 0.4) is 0 Å². The van der Waals surface area contributed by atoms with Crippen LogP contribution in [0.25, 0.3) is 0 Å². The van der Waals surface area contributed by atoms with Crippen LogP contribution in [0.4, 0.5) is 10.0 Å². The number of aromatic carboxylic acids is 2. The summed E-state index contributed by atoms with van der Waals surface area (Å²) in [7, 11) is -8.33. The molecule has 19 nitrogen and oxygen atoms in total. The Labute approximate surface area is 296 Å². The van der Waals surface area contributed by atoms with E-state index in [4.69, 9.17) is 27.4 Å². The van der Waals surface area contributed by atoms with Crippen molar-refractivity contribution >= 4 is 82.1 Å². The van der Waals surface area contributed by atoms with Crippen molar-refractivity contribution in [3.63, 3.8) is 0 Å². The predicted octanol–water partition coefficient (Wildman–Crippen LogP) is 0.395. The second-order valence-corrected chi connectivity index (χ2v) is 14.9. The number of nitrogens with zero attached hydrogens (tertiary/aromatic N) is 3. The molecular weight excluding hydrogens is 753 g/mol. The first kappa shape index (κ1) is 39.8. The van der Waals surface area contributed by atoms with Gasteiger partial charge in [0.25, 0.3) is 20.0 Å². The zero-order valence-electron chi connectivity index (χ0n) is 25.7. The van der Waals surface area contributed by atoms with Crippen LogP contribution in [0.1, 0.15) is 48.0 Å². The molecule has 0 bridgehead atoms. The largest absolute Gasteiger partial charge is 0.476 e. The summed E-state index contributed by atoms with van der Waals surface area (Å²) in [5.74, 6) is -4.31. The van der Waals surface area contributed by atoms with Crippen LogP contribution < -0.4 is 26.6 Å². The Morgan fingerprint density at radius 2 is 1.18 bits per heavy atom. The number of anilines is 2. The first-order valence-corrected chi connectivity index (χ1v) is 18.4. The molecule has 4 rings (SSSR count). The fourth-order valence-electron chi connectivity index (χ4n) is 3.96. The number of sulfonamides is 2. The number of aromatic nitrogens is 2. The van der Waals surface area contributed by atoms with Crippen LogP contribution in [-0.4, -0.2) is 79.5 Å². The van der Waals surface area contributed by atoms with Gasteiger partial charge in [-0.05, 0) is 35.4 Å². The van der Waals surface area contributed by atoms with Gasteiger partial charge in [0.1, 0.15) is 10.0 Å². The minimum atomic E-state index is -4.21. The van der Waals surface area contributed by atoms with Crippen LogP contribution in [0.15, 0.2) is 57.2 Å². The van der Waals surface area contributed by atoms with E-state index < -0.39 is 49.3 Å². The molecule has 23 heteroatoms. The summed E-state index contributed by atoms with van der Waals surface area (Å²) >= 11 is 1.61. The molecule has 0 aliphatic heterocycles. The third kappa shape index (κ3) is 10.2. The van der Waals surface area contributed by atoms with Crippen LogP contribution in [0.5, 0.6) is 0 Å². The van der Waals surface area contributed by atoms with Gasteiger partial charge < -0.3 is 27.4 Å². The van der Waals surface area contributed by atoms with Gasteiger partial charge in [0.15, 0.2) is 23.0 Å². The van der Waals surface area contributed by atoms with Gasteiger partial charge in [-0.3, -0.25) is 23.8 Å². The van der Waals surface area contributed by atoms with Crippen LogP contribution in [-0.2, 0) is 42.5 Å². The van der Waals surface area contributed by atoms with Crippen molar-refractivity contribution in [2.75, 3.05) is 22.5 Å². The van der Waals surface area contributed by atoms with Crippen molar-refractivity contribution in [3.05, 3.63) is 81.1 Å². The van der Waals surface area contributed by atoms with Gasteiger partial charge in [0.2, 0.25) is 5.91 Å². The number of hydrogen-bond donors (Lipinski definition) is 7. The van der Waals surface area contributed by atoms with Crippen molar-refractivity contribution in [1.82, 2.24) is 9.97 Å². The predicted molar refractivity (Wildman–Crippen MR) is 181 cm³/mol.